The second-order valence-electron chi connectivity index (χ2n) is 5.42. The van der Waals surface area contributed by atoms with E-state index in [1.807, 2.05) is 0 Å². The second-order valence-corrected chi connectivity index (χ2v) is 15.4. The number of unbranched alkanes of at least 4 members (excludes halogenated alkanes) is 3. The van der Waals surface area contributed by atoms with E-state index >= 15 is 0 Å². The SMILES string of the molecule is CCCCC/C=C/[CH2][Ge]([CH3])([CH3])[c]1ccccc1. The first-order valence-corrected chi connectivity index (χ1v) is 13.6. The van der Waals surface area contributed by atoms with Gasteiger partial charge in [0.2, 0.25) is 0 Å². The van der Waals surface area contributed by atoms with Crippen LogP contribution in [0.15, 0.2) is 42.5 Å². The van der Waals surface area contributed by atoms with Crippen LogP contribution in [-0.4, -0.2) is 13.3 Å². The predicted molar refractivity (Wildman–Crippen MR) is 81.6 cm³/mol. The summed E-state index contributed by atoms with van der Waals surface area (Å²) in [6.45, 7) is 2.26. The van der Waals surface area contributed by atoms with Crippen molar-refractivity contribution < 1.29 is 0 Å². The van der Waals surface area contributed by atoms with Crippen LogP contribution >= 0.6 is 0 Å². The fourth-order valence-corrected chi connectivity index (χ4v) is 6.39. The van der Waals surface area contributed by atoms with E-state index in [0.717, 1.165) is 0 Å². The van der Waals surface area contributed by atoms with E-state index in [0.29, 0.717) is 0 Å². The van der Waals surface area contributed by atoms with Gasteiger partial charge in [-0.3, -0.25) is 0 Å². The minimum atomic E-state index is -1.76. The van der Waals surface area contributed by atoms with Crippen LogP contribution in [0.4, 0.5) is 0 Å². The third kappa shape index (κ3) is 5.58. The molecule has 0 amide bonds. The van der Waals surface area contributed by atoms with E-state index in [2.05, 4.69) is 60.9 Å². The van der Waals surface area contributed by atoms with E-state index in [9.17, 15) is 0 Å². The van der Waals surface area contributed by atoms with Gasteiger partial charge in [0.05, 0.1) is 0 Å². The van der Waals surface area contributed by atoms with E-state index in [4.69, 9.17) is 0 Å². The molecule has 0 aliphatic rings. The van der Waals surface area contributed by atoms with Crippen molar-refractivity contribution in [2.75, 3.05) is 0 Å². The fraction of sp³-hybridized carbons (Fsp3) is 0.500. The van der Waals surface area contributed by atoms with Crippen LogP contribution in [0.3, 0.4) is 0 Å². The van der Waals surface area contributed by atoms with Crippen molar-refractivity contribution in [3.8, 4) is 0 Å². The maximum atomic E-state index is 2.51. The van der Waals surface area contributed by atoms with Crippen molar-refractivity contribution in [2.24, 2.45) is 0 Å². The van der Waals surface area contributed by atoms with E-state index in [1.54, 1.807) is 4.40 Å². The molecule has 0 atom stereocenters. The first-order valence-electron chi connectivity index (χ1n) is 6.87. The summed E-state index contributed by atoms with van der Waals surface area (Å²) in [5, 5.41) is 1.32. The normalized spacial score (nSPS) is 12.2. The maximum absolute atomic E-state index is 2.51. The second kappa shape index (κ2) is 7.76. The molecule has 0 heterocycles. The number of hydrogen-bond donors (Lipinski definition) is 0. The van der Waals surface area contributed by atoms with E-state index in [-0.39, 0.29) is 0 Å². The summed E-state index contributed by atoms with van der Waals surface area (Å²) in [5.41, 5.74) is 0. The first kappa shape index (κ1) is 14.6. The van der Waals surface area contributed by atoms with Crippen molar-refractivity contribution in [1.29, 1.82) is 0 Å². The van der Waals surface area contributed by atoms with Crippen molar-refractivity contribution in [1.82, 2.24) is 0 Å². The van der Waals surface area contributed by atoms with Crippen molar-refractivity contribution in [3.05, 3.63) is 42.5 Å². The zero-order chi connectivity index (χ0) is 12.6. The third-order valence-electron chi connectivity index (χ3n) is 3.32. The molecule has 17 heavy (non-hydrogen) atoms. The Morgan fingerprint density at radius 3 is 2.35 bits per heavy atom. The molecule has 0 aromatic heterocycles. The van der Waals surface area contributed by atoms with Crippen molar-refractivity contribution in [2.45, 2.75) is 49.4 Å². The van der Waals surface area contributed by atoms with Gasteiger partial charge in [-0.1, -0.05) is 0 Å². The number of rotatable bonds is 7. The molecule has 0 aliphatic heterocycles. The Kier molecular flexibility index (Phi) is 6.65. The Hall–Kier alpha value is -0.497. The van der Waals surface area contributed by atoms with Crippen molar-refractivity contribution in [3.63, 3.8) is 0 Å². The van der Waals surface area contributed by atoms with Gasteiger partial charge in [0, 0.05) is 0 Å². The molecule has 1 heteroatoms. The Morgan fingerprint density at radius 2 is 1.71 bits per heavy atom. The van der Waals surface area contributed by atoms with Crippen LogP contribution in [0.2, 0.25) is 16.8 Å². The van der Waals surface area contributed by atoms with Crippen LogP contribution in [0.1, 0.15) is 32.6 Å². The van der Waals surface area contributed by atoms with Crippen LogP contribution in [0.5, 0.6) is 0 Å². The Bertz CT molecular complexity index is 325. The summed E-state index contributed by atoms with van der Waals surface area (Å²) in [4.78, 5) is 0. The van der Waals surface area contributed by atoms with Gasteiger partial charge in [-0.05, 0) is 0 Å². The molecule has 0 spiro atoms. The molecule has 0 saturated heterocycles. The molecule has 0 saturated carbocycles. The topological polar surface area (TPSA) is 0 Å². The zero-order valence-electron chi connectivity index (χ0n) is 11.6. The third-order valence-corrected chi connectivity index (χ3v) is 9.94. The van der Waals surface area contributed by atoms with E-state index < -0.39 is 13.3 Å². The molecule has 0 radical (unpaired) electrons. The molecule has 0 nitrogen and oxygen atoms in total. The summed E-state index contributed by atoms with van der Waals surface area (Å²) in [6.07, 6.45) is 10.1. The Labute approximate surface area is 109 Å². The summed E-state index contributed by atoms with van der Waals surface area (Å²) in [6, 6.07) is 11.1. The van der Waals surface area contributed by atoms with Crippen LogP contribution in [-0.2, 0) is 0 Å². The van der Waals surface area contributed by atoms with Gasteiger partial charge in [-0.15, -0.1) is 0 Å². The number of hydrogen-bond acceptors (Lipinski definition) is 0. The quantitative estimate of drug-likeness (QED) is 0.387. The van der Waals surface area contributed by atoms with Crippen LogP contribution in [0, 0.1) is 0 Å². The summed E-state index contributed by atoms with van der Waals surface area (Å²) < 4.78 is 1.62. The molecular weight excluding hydrogens is 265 g/mol. The molecule has 1 rings (SSSR count). The minimum absolute atomic E-state index is 1.26. The summed E-state index contributed by atoms with van der Waals surface area (Å²) >= 11 is -1.76. The number of allylic oxidation sites excluding steroid dienone is 2. The van der Waals surface area contributed by atoms with Gasteiger partial charge in [0.25, 0.3) is 0 Å². The Morgan fingerprint density at radius 1 is 1.00 bits per heavy atom. The molecule has 1 aromatic rings. The fourth-order valence-electron chi connectivity index (χ4n) is 2.02. The molecule has 0 N–H and O–H groups in total. The average molecular weight is 291 g/mol. The molecule has 0 aliphatic carbocycles. The molecule has 0 fully saturated rings. The summed E-state index contributed by atoms with van der Waals surface area (Å²) in [7, 11) is 0. The molecule has 94 valence electrons. The molecule has 1 aromatic carbocycles. The average Bonchev–Trinajstić information content (AvgIpc) is 2.35. The van der Waals surface area contributed by atoms with Gasteiger partial charge >= 0.3 is 110 Å². The predicted octanol–water partition coefficient (Wildman–Crippen LogP) is 4.74. The molecular formula is C16H26Ge. The van der Waals surface area contributed by atoms with Gasteiger partial charge in [0.1, 0.15) is 0 Å². The molecule has 0 bridgehead atoms. The molecule has 0 unspecified atom stereocenters. The first-order chi connectivity index (χ1) is 8.17. The van der Waals surface area contributed by atoms with Gasteiger partial charge in [-0.2, -0.15) is 0 Å². The van der Waals surface area contributed by atoms with Gasteiger partial charge in [-0.25, -0.2) is 0 Å². The monoisotopic (exact) mass is 292 g/mol. The van der Waals surface area contributed by atoms with E-state index in [1.165, 1.54) is 30.9 Å². The number of benzene rings is 1. The standard InChI is InChI=1S/C16H26Ge/c1-4-5-6-7-8-12-15-17(2,3)16-13-10-9-11-14-16/h8-14H,4-7,15H2,1-3H3/b12-8+. The summed E-state index contributed by atoms with van der Waals surface area (Å²) in [5.74, 6) is 5.01. The van der Waals surface area contributed by atoms with Gasteiger partial charge in [0.15, 0.2) is 0 Å². The van der Waals surface area contributed by atoms with Crippen LogP contribution < -0.4 is 4.40 Å². The van der Waals surface area contributed by atoms with Gasteiger partial charge < -0.3 is 0 Å². The van der Waals surface area contributed by atoms with Crippen LogP contribution in [0.25, 0.3) is 0 Å². The zero-order valence-corrected chi connectivity index (χ0v) is 13.7. The van der Waals surface area contributed by atoms with Crippen molar-refractivity contribution >= 4 is 17.7 Å². The Balaban J connectivity index is 2.40.